The Bertz CT molecular complexity index is 623. The van der Waals surface area contributed by atoms with E-state index in [1.165, 1.54) is 0 Å². The smallest absolute Gasteiger partial charge is 0.246 e. The third-order valence-corrected chi connectivity index (χ3v) is 3.43. The number of rotatable bonds is 3. The Labute approximate surface area is 123 Å². The second kappa shape index (κ2) is 5.79. The highest BCUT2D eigenvalue weighted by atomic mass is 16.5. The molecule has 112 valence electrons. The van der Waals surface area contributed by atoms with E-state index in [1.807, 2.05) is 26.1 Å². The van der Waals surface area contributed by atoms with E-state index in [9.17, 15) is 0 Å². The maximum atomic E-state index is 5.85. The lowest BCUT2D eigenvalue weighted by Gasteiger charge is -2.32. The number of nitrogens with zero attached hydrogens (tertiary/aromatic N) is 5. The summed E-state index contributed by atoms with van der Waals surface area (Å²) in [6, 6.07) is 1.91. The molecule has 0 N–H and O–H groups in total. The van der Waals surface area contributed by atoms with Gasteiger partial charge in [0.05, 0.1) is 11.8 Å². The quantitative estimate of drug-likeness (QED) is 0.850. The van der Waals surface area contributed by atoms with Crippen molar-refractivity contribution < 1.29 is 9.15 Å². The highest BCUT2D eigenvalue weighted by molar-refractivity contribution is 5.63. The molecular formula is C14H19N5O2. The van der Waals surface area contributed by atoms with Crippen molar-refractivity contribution >= 4 is 12.2 Å². The van der Waals surface area contributed by atoms with Crippen LogP contribution in [0.5, 0.6) is 0 Å². The van der Waals surface area contributed by atoms with Gasteiger partial charge in [0, 0.05) is 32.4 Å². The van der Waals surface area contributed by atoms with Gasteiger partial charge in [-0.2, -0.15) is 5.10 Å². The van der Waals surface area contributed by atoms with Crippen LogP contribution in [0.4, 0.5) is 0 Å². The fraction of sp³-hybridized carbons (Fsp3) is 0.500. The van der Waals surface area contributed by atoms with Crippen LogP contribution in [0.3, 0.4) is 0 Å². The van der Waals surface area contributed by atoms with Gasteiger partial charge in [-0.25, -0.2) is 0 Å². The first-order valence-corrected chi connectivity index (χ1v) is 6.95. The maximum absolute atomic E-state index is 5.85. The van der Waals surface area contributed by atoms with Gasteiger partial charge in [-0.15, -0.1) is 10.2 Å². The maximum Gasteiger partial charge on any atom is 0.246 e. The van der Waals surface area contributed by atoms with Crippen molar-refractivity contribution in [1.82, 2.24) is 24.9 Å². The van der Waals surface area contributed by atoms with Gasteiger partial charge < -0.3 is 14.1 Å². The van der Waals surface area contributed by atoms with Crippen molar-refractivity contribution in [1.29, 1.82) is 0 Å². The monoisotopic (exact) mass is 289 g/mol. The van der Waals surface area contributed by atoms with E-state index in [0.29, 0.717) is 11.8 Å². The van der Waals surface area contributed by atoms with Gasteiger partial charge in [0.25, 0.3) is 0 Å². The van der Waals surface area contributed by atoms with Gasteiger partial charge in [0.15, 0.2) is 0 Å². The molecule has 1 aliphatic rings. The highest BCUT2D eigenvalue weighted by Gasteiger charge is 2.28. The summed E-state index contributed by atoms with van der Waals surface area (Å²) in [5, 5.41) is 12.2. The predicted octanol–water partition coefficient (Wildman–Crippen LogP) is 1.37. The third kappa shape index (κ3) is 3.20. The van der Waals surface area contributed by atoms with Crippen molar-refractivity contribution in [3.63, 3.8) is 0 Å². The summed E-state index contributed by atoms with van der Waals surface area (Å²) >= 11 is 0. The van der Waals surface area contributed by atoms with E-state index >= 15 is 0 Å². The zero-order valence-electron chi connectivity index (χ0n) is 12.4. The number of aryl methyl sites for hydroxylation is 1. The summed E-state index contributed by atoms with van der Waals surface area (Å²) in [7, 11) is 3.94. The predicted molar refractivity (Wildman–Crippen MR) is 77.2 cm³/mol. The van der Waals surface area contributed by atoms with E-state index < -0.39 is 0 Å². The number of ether oxygens (including phenoxy) is 1. The van der Waals surface area contributed by atoms with Gasteiger partial charge >= 0.3 is 0 Å². The number of aromatic nitrogens is 4. The Hall–Kier alpha value is -1.99. The molecule has 1 aliphatic heterocycles. The van der Waals surface area contributed by atoms with Crippen LogP contribution in [-0.4, -0.2) is 51.1 Å². The molecule has 21 heavy (non-hydrogen) atoms. The Morgan fingerprint density at radius 3 is 2.81 bits per heavy atom. The van der Waals surface area contributed by atoms with Crippen LogP contribution in [0.2, 0.25) is 0 Å². The van der Waals surface area contributed by atoms with Crippen LogP contribution < -0.4 is 0 Å². The van der Waals surface area contributed by atoms with Crippen molar-refractivity contribution in [2.45, 2.75) is 19.1 Å². The van der Waals surface area contributed by atoms with Crippen LogP contribution >= 0.6 is 0 Å². The lowest BCUT2D eigenvalue weighted by molar-refractivity contribution is -0.0823. The zero-order valence-corrected chi connectivity index (χ0v) is 12.4. The van der Waals surface area contributed by atoms with Gasteiger partial charge in [-0.05, 0) is 26.1 Å². The summed E-state index contributed by atoms with van der Waals surface area (Å²) in [4.78, 5) is 2.20. The first-order valence-electron chi connectivity index (χ1n) is 6.95. The summed E-state index contributed by atoms with van der Waals surface area (Å²) in [5.41, 5.74) is 0.969. The molecule has 0 bridgehead atoms. The second-order valence-electron chi connectivity index (χ2n) is 5.35. The second-order valence-corrected chi connectivity index (χ2v) is 5.35. The largest absolute Gasteiger partial charge is 0.418 e. The van der Waals surface area contributed by atoms with Crippen molar-refractivity contribution in [2.24, 2.45) is 7.05 Å². The molecule has 0 saturated carbocycles. The molecule has 0 spiro atoms. The molecule has 2 aromatic heterocycles. The standard InChI is InChI=1S/C14H19N5O2/c1-10-8-18(2)9-12(20-10)14-17-16-13(21-14)5-4-11-6-7-15-19(11)3/h4-7,10,12H,8-9H2,1-3H3/t10-,12-/m1/s1. The van der Waals surface area contributed by atoms with E-state index in [-0.39, 0.29) is 12.2 Å². The number of morpholine rings is 1. The molecule has 7 nitrogen and oxygen atoms in total. The van der Waals surface area contributed by atoms with Gasteiger partial charge in [-0.3, -0.25) is 4.68 Å². The molecule has 0 radical (unpaired) electrons. The van der Waals surface area contributed by atoms with Crippen LogP contribution in [0, 0.1) is 0 Å². The topological polar surface area (TPSA) is 69.2 Å². The third-order valence-electron chi connectivity index (χ3n) is 3.43. The van der Waals surface area contributed by atoms with Crippen molar-refractivity contribution in [2.75, 3.05) is 20.1 Å². The molecule has 1 saturated heterocycles. The minimum Gasteiger partial charge on any atom is -0.418 e. The van der Waals surface area contributed by atoms with E-state index in [2.05, 4.69) is 27.2 Å². The lowest BCUT2D eigenvalue weighted by atomic mass is 10.2. The molecule has 0 amide bonds. The summed E-state index contributed by atoms with van der Waals surface area (Å²) in [6.07, 6.45) is 5.41. The molecule has 0 unspecified atom stereocenters. The number of hydrogen-bond acceptors (Lipinski definition) is 6. The molecule has 2 aromatic rings. The van der Waals surface area contributed by atoms with Gasteiger partial charge in [-0.1, -0.05) is 0 Å². The minimum absolute atomic E-state index is 0.161. The van der Waals surface area contributed by atoms with Gasteiger partial charge in [0.2, 0.25) is 11.8 Å². The summed E-state index contributed by atoms with van der Waals surface area (Å²) < 4.78 is 13.3. The first kappa shape index (κ1) is 14.0. The van der Waals surface area contributed by atoms with Crippen LogP contribution in [0.15, 0.2) is 16.7 Å². The fourth-order valence-corrected chi connectivity index (χ4v) is 2.45. The molecule has 0 aliphatic carbocycles. The SMILES string of the molecule is C[C@@H]1CN(C)C[C@H](c2nnc(C=Cc3ccnn3C)o2)O1. The molecular weight excluding hydrogens is 270 g/mol. The molecule has 7 heteroatoms. The molecule has 1 fully saturated rings. The number of hydrogen-bond donors (Lipinski definition) is 0. The van der Waals surface area contributed by atoms with Crippen LogP contribution in [-0.2, 0) is 11.8 Å². The van der Waals surface area contributed by atoms with Crippen LogP contribution in [0.25, 0.3) is 12.2 Å². The van der Waals surface area contributed by atoms with E-state index in [0.717, 1.165) is 18.8 Å². The molecule has 3 heterocycles. The summed E-state index contributed by atoms with van der Waals surface area (Å²) in [6.45, 7) is 3.72. The molecule has 2 atom stereocenters. The van der Waals surface area contributed by atoms with Crippen molar-refractivity contribution in [3.8, 4) is 0 Å². The average molecular weight is 289 g/mol. The Morgan fingerprint density at radius 1 is 1.24 bits per heavy atom. The normalized spacial score (nSPS) is 24.0. The highest BCUT2D eigenvalue weighted by Crippen LogP contribution is 2.23. The van der Waals surface area contributed by atoms with E-state index in [1.54, 1.807) is 17.0 Å². The zero-order chi connectivity index (χ0) is 14.8. The molecule has 0 aromatic carbocycles. The Balaban J connectivity index is 1.71. The Morgan fingerprint density at radius 2 is 2.10 bits per heavy atom. The van der Waals surface area contributed by atoms with E-state index in [4.69, 9.17) is 9.15 Å². The first-order chi connectivity index (χ1) is 10.1. The Kier molecular flexibility index (Phi) is 3.85. The van der Waals surface area contributed by atoms with Crippen molar-refractivity contribution in [3.05, 3.63) is 29.7 Å². The average Bonchev–Trinajstić information content (AvgIpc) is 3.04. The van der Waals surface area contributed by atoms with Gasteiger partial charge in [0.1, 0.15) is 6.10 Å². The summed E-state index contributed by atoms with van der Waals surface area (Å²) in [5.74, 6) is 0.994. The molecule has 3 rings (SSSR count). The fourth-order valence-electron chi connectivity index (χ4n) is 2.45. The minimum atomic E-state index is -0.162. The van der Waals surface area contributed by atoms with Crippen LogP contribution in [0.1, 0.15) is 30.5 Å². The number of likely N-dealkylation sites (N-methyl/N-ethyl adjacent to an activating group) is 1. The lowest BCUT2D eigenvalue weighted by Crippen LogP contribution is -2.40.